The summed E-state index contributed by atoms with van der Waals surface area (Å²) in [7, 11) is 0. The Kier molecular flexibility index (Phi) is 7.49. The van der Waals surface area contributed by atoms with Crippen molar-refractivity contribution in [1.82, 2.24) is 9.97 Å². The number of allylic oxidation sites excluding steroid dienone is 5. The van der Waals surface area contributed by atoms with Crippen LogP contribution in [0.25, 0.3) is 58.3 Å². The molecule has 0 bridgehead atoms. The number of hydrogen-bond acceptors (Lipinski definition) is 4. The van der Waals surface area contributed by atoms with E-state index in [0.717, 1.165) is 48.9 Å². The van der Waals surface area contributed by atoms with Gasteiger partial charge in [-0.05, 0) is 100.0 Å². The van der Waals surface area contributed by atoms with Crippen molar-refractivity contribution in [2.75, 3.05) is 0 Å². The highest BCUT2D eigenvalue weighted by Crippen LogP contribution is 2.57. The maximum absolute atomic E-state index is 5.08. The van der Waals surface area contributed by atoms with E-state index < -0.39 is 5.41 Å². The van der Waals surface area contributed by atoms with Gasteiger partial charge in [0, 0.05) is 11.1 Å². The number of thiazole rings is 2. The van der Waals surface area contributed by atoms with Crippen LogP contribution in [-0.2, 0) is 5.41 Å². The first-order valence-corrected chi connectivity index (χ1v) is 18.4. The van der Waals surface area contributed by atoms with Gasteiger partial charge in [0.25, 0.3) is 0 Å². The van der Waals surface area contributed by atoms with E-state index in [4.69, 9.17) is 9.97 Å². The molecule has 1 aliphatic carbocycles. The van der Waals surface area contributed by atoms with Crippen molar-refractivity contribution >= 4 is 48.7 Å². The van der Waals surface area contributed by atoms with Gasteiger partial charge in [0.05, 0.1) is 25.8 Å². The molecule has 9 rings (SSSR count). The SMILES string of the molecule is C=C1/C(=C\C=C/C)C(c2ccccc2)(c2cccc(-c3cc(-c4nc5ccccc5s4)cc(-c4nc5ccccc5s4)c3)c2)c2ccccc21. The summed E-state index contributed by atoms with van der Waals surface area (Å²) in [6.07, 6.45) is 6.48. The molecule has 0 aliphatic heterocycles. The molecule has 8 aromatic rings. The van der Waals surface area contributed by atoms with E-state index in [9.17, 15) is 0 Å². The highest BCUT2D eigenvalue weighted by molar-refractivity contribution is 7.22. The molecule has 4 heteroatoms. The predicted octanol–water partition coefficient (Wildman–Crippen LogP) is 12.8. The summed E-state index contributed by atoms with van der Waals surface area (Å²) in [4.78, 5) is 10.2. The van der Waals surface area contributed by atoms with Gasteiger partial charge >= 0.3 is 0 Å². The minimum Gasteiger partial charge on any atom is -0.236 e. The maximum atomic E-state index is 5.08. The number of hydrogen-bond donors (Lipinski definition) is 0. The quantitative estimate of drug-likeness (QED) is 0.175. The fourth-order valence-electron chi connectivity index (χ4n) is 7.45. The van der Waals surface area contributed by atoms with Crippen molar-refractivity contribution in [2.45, 2.75) is 12.3 Å². The number of para-hydroxylation sites is 2. The molecular weight excluding hydrogens is 645 g/mol. The topological polar surface area (TPSA) is 25.8 Å². The first-order valence-electron chi connectivity index (χ1n) is 16.8. The Morgan fingerprint density at radius 1 is 0.560 bits per heavy atom. The third-order valence-corrected chi connectivity index (χ3v) is 11.9. The lowest BCUT2D eigenvalue weighted by atomic mass is 9.67. The standard InChI is InChI=1S/C46H32N2S2/c1-3-4-20-38-30(2)37-19-8-9-21-39(37)46(38,35-16-6-5-7-17-35)36-18-14-15-31(29-36)32-26-33(44-47-40-22-10-12-24-42(40)49-44)28-34(27-32)45-48-41-23-11-13-25-43(41)50-45/h3-29H,2H2,1H3/b4-3-,38-20+. The number of nitrogens with zero attached hydrogens (tertiary/aromatic N) is 2. The van der Waals surface area contributed by atoms with E-state index in [2.05, 4.69) is 177 Å². The lowest BCUT2D eigenvalue weighted by Gasteiger charge is -2.34. The van der Waals surface area contributed by atoms with Crippen LogP contribution in [-0.4, -0.2) is 9.97 Å². The summed E-state index contributed by atoms with van der Waals surface area (Å²) in [6, 6.07) is 52.3. The average molecular weight is 677 g/mol. The molecule has 1 unspecified atom stereocenters. The first kappa shape index (κ1) is 30.4. The average Bonchev–Trinajstić information content (AvgIpc) is 3.88. The third-order valence-electron chi connectivity index (χ3n) is 9.69. The number of aromatic nitrogens is 2. The molecule has 2 aromatic heterocycles. The summed E-state index contributed by atoms with van der Waals surface area (Å²) in [6.45, 7) is 6.73. The highest BCUT2D eigenvalue weighted by atomic mass is 32.1. The Hall–Kier alpha value is -5.68. The van der Waals surface area contributed by atoms with Crippen molar-refractivity contribution in [3.8, 4) is 32.3 Å². The molecule has 0 amide bonds. The Balaban J connectivity index is 1.29. The molecule has 0 fully saturated rings. The molecular formula is C46H32N2S2. The van der Waals surface area contributed by atoms with Gasteiger partial charge in [0.2, 0.25) is 0 Å². The van der Waals surface area contributed by atoms with Crippen LogP contribution in [0.4, 0.5) is 0 Å². The molecule has 6 aromatic carbocycles. The van der Waals surface area contributed by atoms with Crippen LogP contribution in [0.3, 0.4) is 0 Å². The zero-order valence-corrected chi connectivity index (χ0v) is 29.1. The predicted molar refractivity (Wildman–Crippen MR) is 214 cm³/mol. The molecule has 0 radical (unpaired) electrons. The summed E-state index contributed by atoms with van der Waals surface area (Å²) in [5, 5.41) is 2.01. The Bertz CT molecular complexity index is 2480. The molecule has 0 spiro atoms. The van der Waals surface area contributed by atoms with Crippen molar-refractivity contribution < 1.29 is 0 Å². The van der Waals surface area contributed by atoms with Gasteiger partial charge < -0.3 is 0 Å². The molecule has 1 atom stereocenters. The second-order valence-corrected chi connectivity index (χ2v) is 14.7. The van der Waals surface area contributed by atoms with Crippen LogP contribution in [0, 0.1) is 0 Å². The molecule has 0 saturated carbocycles. The lowest BCUT2D eigenvalue weighted by molar-refractivity contribution is 0.769. The molecule has 2 nitrogen and oxygen atoms in total. The number of rotatable bonds is 6. The highest BCUT2D eigenvalue weighted by Gasteiger charge is 2.47. The molecule has 238 valence electrons. The van der Waals surface area contributed by atoms with E-state index in [0.29, 0.717) is 0 Å². The van der Waals surface area contributed by atoms with Gasteiger partial charge in [-0.1, -0.05) is 122 Å². The molecule has 0 saturated heterocycles. The minimum atomic E-state index is -0.537. The van der Waals surface area contributed by atoms with Gasteiger partial charge in [0.15, 0.2) is 0 Å². The van der Waals surface area contributed by atoms with Crippen molar-refractivity contribution in [2.24, 2.45) is 0 Å². The normalized spacial score (nSPS) is 16.6. The van der Waals surface area contributed by atoms with Gasteiger partial charge in [-0.2, -0.15) is 0 Å². The molecule has 2 heterocycles. The molecule has 1 aliphatic rings. The lowest BCUT2D eigenvalue weighted by Crippen LogP contribution is -2.28. The second kappa shape index (κ2) is 12.3. The van der Waals surface area contributed by atoms with Crippen molar-refractivity contribution in [1.29, 1.82) is 0 Å². The van der Waals surface area contributed by atoms with Crippen LogP contribution in [0.15, 0.2) is 176 Å². The molecule has 0 N–H and O–H groups in total. The zero-order chi connectivity index (χ0) is 33.7. The first-order chi connectivity index (χ1) is 24.6. The van der Waals surface area contributed by atoms with Gasteiger partial charge in [-0.25, -0.2) is 9.97 Å². The Morgan fingerprint density at radius 3 is 1.80 bits per heavy atom. The van der Waals surface area contributed by atoms with E-state index in [1.807, 2.05) is 0 Å². The second-order valence-electron chi connectivity index (χ2n) is 12.6. The van der Waals surface area contributed by atoms with Gasteiger partial charge in [-0.15, -0.1) is 22.7 Å². The van der Waals surface area contributed by atoms with E-state index in [-0.39, 0.29) is 0 Å². The number of benzene rings is 6. The van der Waals surface area contributed by atoms with Crippen molar-refractivity contribution in [3.05, 3.63) is 198 Å². The summed E-state index contributed by atoms with van der Waals surface area (Å²) in [5.41, 5.74) is 13.1. The van der Waals surface area contributed by atoms with Crippen LogP contribution < -0.4 is 0 Å². The van der Waals surface area contributed by atoms with Gasteiger partial charge in [-0.3, -0.25) is 0 Å². The van der Waals surface area contributed by atoms with Crippen LogP contribution in [0.1, 0.15) is 29.2 Å². The van der Waals surface area contributed by atoms with Crippen LogP contribution >= 0.6 is 22.7 Å². The van der Waals surface area contributed by atoms with E-state index in [1.165, 1.54) is 37.2 Å². The van der Waals surface area contributed by atoms with E-state index >= 15 is 0 Å². The third kappa shape index (κ3) is 4.91. The minimum absolute atomic E-state index is 0.537. The summed E-state index contributed by atoms with van der Waals surface area (Å²) in [5.74, 6) is 0. The largest absolute Gasteiger partial charge is 0.236 e. The Labute approximate surface area is 300 Å². The Morgan fingerprint density at radius 2 is 1.14 bits per heavy atom. The van der Waals surface area contributed by atoms with Crippen LogP contribution in [0.2, 0.25) is 0 Å². The monoisotopic (exact) mass is 676 g/mol. The van der Waals surface area contributed by atoms with E-state index in [1.54, 1.807) is 22.7 Å². The van der Waals surface area contributed by atoms with Crippen LogP contribution in [0.5, 0.6) is 0 Å². The maximum Gasteiger partial charge on any atom is 0.124 e. The zero-order valence-electron chi connectivity index (χ0n) is 27.5. The fraction of sp³-hybridized carbons (Fsp3) is 0.0435. The summed E-state index contributed by atoms with van der Waals surface area (Å²) < 4.78 is 2.36. The van der Waals surface area contributed by atoms with Gasteiger partial charge in [0.1, 0.15) is 10.0 Å². The smallest absolute Gasteiger partial charge is 0.124 e. The fourth-order valence-corrected chi connectivity index (χ4v) is 9.35. The number of fused-ring (bicyclic) bond motifs is 3. The summed E-state index contributed by atoms with van der Waals surface area (Å²) >= 11 is 3.46. The van der Waals surface area contributed by atoms with Crippen molar-refractivity contribution in [3.63, 3.8) is 0 Å². The molecule has 50 heavy (non-hydrogen) atoms.